The quantitative estimate of drug-likeness (QED) is 0.652. The van der Waals surface area contributed by atoms with Crippen LogP contribution in [-0.2, 0) is 17.6 Å². The number of aryl methyl sites for hydroxylation is 1. The van der Waals surface area contributed by atoms with Crippen molar-refractivity contribution in [2.24, 2.45) is 5.92 Å². The molecule has 0 aliphatic carbocycles. The Morgan fingerprint density at radius 2 is 1.79 bits per heavy atom. The van der Waals surface area contributed by atoms with Crippen LogP contribution in [0.25, 0.3) is 0 Å². The summed E-state index contributed by atoms with van der Waals surface area (Å²) in [5.41, 5.74) is 2.70. The molecule has 0 N–H and O–H groups in total. The lowest BCUT2D eigenvalue weighted by molar-refractivity contribution is -0.108. The van der Waals surface area contributed by atoms with E-state index in [1.54, 1.807) is 0 Å². The Labute approximate surface area is 86.1 Å². The fourth-order valence-corrected chi connectivity index (χ4v) is 1.56. The molecule has 1 aromatic carbocycles. The summed E-state index contributed by atoms with van der Waals surface area (Å²) < 4.78 is 0. The van der Waals surface area contributed by atoms with Crippen LogP contribution in [0.2, 0.25) is 0 Å². The molecule has 0 radical (unpaired) electrons. The van der Waals surface area contributed by atoms with Gasteiger partial charge in [0.05, 0.1) is 0 Å². The molecular formula is C13H18O. The first kappa shape index (κ1) is 11.0. The van der Waals surface area contributed by atoms with Crippen LogP contribution in [0.1, 0.15) is 31.4 Å². The zero-order chi connectivity index (χ0) is 10.4. The average Bonchev–Trinajstić information content (AvgIpc) is 2.19. The second-order valence-corrected chi connectivity index (χ2v) is 3.88. The molecule has 0 saturated carbocycles. The van der Waals surface area contributed by atoms with Gasteiger partial charge in [0.25, 0.3) is 0 Å². The van der Waals surface area contributed by atoms with Crippen LogP contribution < -0.4 is 0 Å². The van der Waals surface area contributed by atoms with E-state index in [2.05, 4.69) is 38.1 Å². The fraction of sp³-hybridized carbons (Fsp3) is 0.462. The summed E-state index contributed by atoms with van der Waals surface area (Å²) in [6, 6.07) is 8.67. The van der Waals surface area contributed by atoms with Crippen LogP contribution in [-0.4, -0.2) is 6.29 Å². The first-order valence-corrected chi connectivity index (χ1v) is 5.27. The maximum atomic E-state index is 10.3. The second kappa shape index (κ2) is 5.58. The number of rotatable bonds is 5. The van der Waals surface area contributed by atoms with Gasteiger partial charge in [0.2, 0.25) is 0 Å². The van der Waals surface area contributed by atoms with Crippen LogP contribution in [0.5, 0.6) is 0 Å². The van der Waals surface area contributed by atoms with Crippen molar-refractivity contribution in [3.05, 3.63) is 35.4 Å². The van der Waals surface area contributed by atoms with Gasteiger partial charge in [0.15, 0.2) is 0 Å². The molecule has 1 unspecified atom stereocenters. The number of hydrogen-bond donors (Lipinski definition) is 0. The Morgan fingerprint density at radius 3 is 2.29 bits per heavy atom. The summed E-state index contributed by atoms with van der Waals surface area (Å²) >= 11 is 0. The molecule has 0 saturated heterocycles. The third-order valence-electron chi connectivity index (χ3n) is 2.51. The van der Waals surface area contributed by atoms with Gasteiger partial charge in [0, 0.05) is 6.42 Å². The summed E-state index contributed by atoms with van der Waals surface area (Å²) in [4.78, 5) is 10.3. The lowest BCUT2D eigenvalue weighted by Gasteiger charge is -2.07. The Bertz CT molecular complexity index is 274. The highest BCUT2D eigenvalue weighted by Gasteiger charge is 2.02. The minimum Gasteiger partial charge on any atom is -0.303 e. The highest BCUT2D eigenvalue weighted by atomic mass is 16.1. The van der Waals surface area contributed by atoms with Crippen molar-refractivity contribution in [1.82, 2.24) is 0 Å². The molecule has 0 spiro atoms. The van der Waals surface area contributed by atoms with Crippen LogP contribution in [0.4, 0.5) is 0 Å². The van der Waals surface area contributed by atoms with Crippen molar-refractivity contribution in [2.75, 3.05) is 0 Å². The molecule has 1 atom stereocenters. The molecule has 0 amide bonds. The zero-order valence-corrected chi connectivity index (χ0v) is 8.99. The van der Waals surface area contributed by atoms with Gasteiger partial charge in [-0.1, -0.05) is 38.1 Å². The molecule has 1 aromatic rings. The molecule has 1 rings (SSSR count). The molecule has 0 bridgehead atoms. The summed E-state index contributed by atoms with van der Waals surface area (Å²) in [5, 5.41) is 0. The molecule has 0 aliphatic heterocycles. The third-order valence-corrected chi connectivity index (χ3v) is 2.51. The van der Waals surface area contributed by atoms with Gasteiger partial charge in [-0.3, -0.25) is 0 Å². The van der Waals surface area contributed by atoms with E-state index >= 15 is 0 Å². The van der Waals surface area contributed by atoms with E-state index in [1.807, 2.05) is 0 Å². The number of carbonyl (C=O) groups is 1. The first-order valence-electron chi connectivity index (χ1n) is 5.27. The van der Waals surface area contributed by atoms with Crippen molar-refractivity contribution in [1.29, 1.82) is 0 Å². The maximum Gasteiger partial charge on any atom is 0.120 e. The van der Waals surface area contributed by atoms with E-state index in [1.165, 1.54) is 11.1 Å². The van der Waals surface area contributed by atoms with E-state index in [0.717, 1.165) is 19.1 Å². The lowest BCUT2D eigenvalue weighted by Crippen LogP contribution is -2.00. The molecule has 14 heavy (non-hydrogen) atoms. The van der Waals surface area contributed by atoms with Crippen molar-refractivity contribution < 1.29 is 4.79 Å². The molecule has 76 valence electrons. The zero-order valence-electron chi connectivity index (χ0n) is 8.99. The SMILES string of the molecule is CCc1ccc(CC(C)CC=O)cc1. The summed E-state index contributed by atoms with van der Waals surface area (Å²) in [6.45, 7) is 4.27. The van der Waals surface area contributed by atoms with E-state index in [4.69, 9.17) is 0 Å². The van der Waals surface area contributed by atoms with Crippen LogP contribution >= 0.6 is 0 Å². The monoisotopic (exact) mass is 190 g/mol. The van der Waals surface area contributed by atoms with Crippen molar-refractivity contribution in [3.63, 3.8) is 0 Å². The number of carbonyl (C=O) groups excluding carboxylic acids is 1. The Morgan fingerprint density at radius 1 is 1.21 bits per heavy atom. The van der Waals surface area contributed by atoms with Gasteiger partial charge < -0.3 is 4.79 Å². The molecule has 1 nitrogen and oxygen atoms in total. The van der Waals surface area contributed by atoms with Crippen molar-refractivity contribution >= 4 is 6.29 Å². The predicted octanol–water partition coefficient (Wildman–Crippen LogP) is 3.02. The normalized spacial score (nSPS) is 12.4. The molecule has 0 fully saturated rings. The minimum absolute atomic E-state index is 0.458. The topological polar surface area (TPSA) is 17.1 Å². The molecule has 1 heteroatoms. The van der Waals surface area contributed by atoms with Crippen LogP contribution in [0.15, 0.2) is 24.3 Å². The highest BCUT2D eigenvalue weighted by Crippen LogP contribution is 2.12. The van der Waals surface area contributed by atoms with Crippen LogP contribution in [0, 0.1) is 5.92 Å². The van der Waals surface area contributed by atoms with Crippen molar-refractivity contribution in [3.8, 4) is 0 Å². The average molecular weight is 190 g/mol. The smallest absolute Gasteiger partial charge is 0.120 e. The van der Waals surface area contributed by atoms with Gasteiger partial charge in [-0.15, -0.1) is 0 Å². The molecular weight excluding hydrogens is 172 g/mol. The Hall–Kier alpha value is -1.11. The number of benzene rings is 1. The molecule has 0 aromatic heterocycles. The van der Waals surface area contributed by atoms with Gasteiger partial charge in [-0.2, -0.15) is 0 Å². The Balaban J connectivity index is 2.54. The van der Waals surface area contributed by atoms with Gasteiger partial charge >= 0.3 is 0 Å². The second-order valence-electron chi connectivity index (χ2n) is 3.88. The summed E-state index contributed by atoms with van der Waals surface area (Å²) in [6.07, 6.45) is 3.76. The van der Waals surface area contributed by atoms with E-state index in [0.29, 0.717) is 12.3 Å². The summed E-state index contributed by atoms with van der Waals surface area (Å²) in [7, 11) is 0. The fourth-order valence-electron chi connectivity index (χ4n) is 1.56. The van der Waals surface area contributed by atoms with Gasteiger partial charge in [-0.25, -0.2) is 0 Å². The van der Waals surface area contributed by atoms with Crippen LogP contribution in [0.3, 0.4) is 0 Å². The van der Waals surface area contributed by atoms with E-state index in [-0.39, 0.29) is 0 Å². The molecule has 0 aliphatic rings. The maximum absolute atomic E-state index is 10.3. The third kappa shape index (κ3) is 3.33. The largest absolute Gasteiger partial charge is 0.303 e. The number of hydrogen-bond acceptors (Lipinski definition) is 1. The molecule has 0 heterocycles. The minimum atomic E-state index is 0.458. The summed E-state index contributed by atoms with van der Waals surface area (Å²) in [5.74, 6) is 0.458. The number of aldehydes is 1. The predicted molar refractivity (Wildman–Crippen MR) is 59.4 cm³/mol. The lowest BCUT2D eigenvalue weighted by atomic mass is 9.98. The van der Waals surface area contributed by atoms with E-state index in [9.17, 15) is 4.79 Å². The Kier molecular flexibility index (Phi) is 4.37. The van der Waals surface area contributed by atoms with Gasteiger partial charge in [-0.05, 0) is 29.9 Å². The standard InChI is InChI=1S/C13H18O/c1-3-12-4-6-13(7-5-12)10-11(2)8-9-14/h4-7,9,11H,3,8,10H2,1-2H3. The van der Waals surface area contributed by atoms with Gasteiger partial charge in [0.1, 0.15) is 6.29 Å². The van der Waals surface area contributed by atoms with Crippen molar-refractivity contribution in [2.45, 2.75) is 33.1 Å². The first-order chi connectivity index (χ1) is 6.76. The highest BCUT2D eigenvalue weighted by molar-refractivity contribution is 5.49. The van der Waals surface area contributed by atoms with E-state index < -0.39 is 0 Å².